The van der Waals surface area contributed by atoms with Gasteiger partial charge in [0.1, 0.15) is 5.69 Å². The average molecular weight is 179 g/mol. The Labute approximate surface area is 77.1 Å². The van der Waals surface area contributed by atoms with Crippen molar-refractivity contribution in [1.82, 2.24) is 10.4 Å². The van der Waals surface area contributed by atoms with Crippen LogP contribution in [0.15, 0.2) is 18.3 Å². The molecule has 0 bridgehead atoms. The van der Waals surface area contributed by atoms with Crippen LogP contribution in [0.5, 0.6) is 0 Å². The van der Waals surface area contributed by atoms with Crippen molar-refractivity contribution in [3.8, 4) is 0 Å². The molecule has 0 aromatic carbocycles. The van der Waals surface area contributed by atoms with E-state index in [1.54, 1.807) is 12.3 Å². The number of carbonyl (C=O) groups is 1. The molecule has 0 aliphatic heterocycles. The predicted molar refractivity (Wildman–Crippen MR) is 50.0 cm³/mol. The van der Waals surface area contributed by atoms with Gasteiger partial charge in [-0.15, -0.1) is 0 Å². The molecule has 0 aliphatic carbocycles. The summed E-state index contributed by atoms with van der Waals surface area (Å²) in [5.74, 6) is 5.02. The highest BCUT2D eigenvalue weighted by atomic mass is 16.2. The highest BCUT2D eigenvalue weighted by molar-refractivity contribution is 5.91. The van der Waals surface area contributed by atoms with E-state index in [1.165, 1.54) is 0 Å². The SMILES string of the molecule is CC(C)c1ccc(C(=O)NN)nc1. The molecule has 4 nitrogen and oxygen atoms in total. The van der Waals surface area contributed by atoms with E-state index in [0.29, 0.717) is 11.6 Å². The lowest BCUT2D eigenvalue weighted by Gasteiger charge is -2.04. The zero-order chi connectivity index (χ0) is 9.84. The fourth-order valence-corrected chi connectivity index (χ4v) is 0.955. The van der Waals surface area contributed by atoms with Crippen LogP contribution in [0.2, 0.25) is 0 Å². The Bertz CT molecular complexity index is 292. The third kappa shape index (κ3) is 2.26. The molecule has 0 fully saturated rings. The summed E-state index contributed by atoms with van der Waals surface area (Å²) in [5.41, 5.74) is 3.47. The first-order chi connectivity index (χ1) is 6.15. The van der Waals surface area contributed by atoms with Gasteiger partial charge in [0.05, 0.1) is 0 Å². The van der Waals surface area contributed by atoms with E-state index in [4.69, 9.17) is 5.84 Å². The smallest absolute Gasteiger partial charge is 0.283 e. The number of hydrogen-bond acceptors (Lipinski definition) is 3. The summed E-state index contributed by atoms with van der Waals surface area (Å²) in [7, 11) is 0. The summed E-state index contributed by atoms with van der Waals surface area (Å²) < 4.78 is 0. The van der Waals surface area contributed by atoms with Gasteiger partial charge >= 0.3 is 0 Å². The number of nitrogens with one attached hydrogen (secondary N) is 1. The molecule has 0 spiro atoms. The quantitative estimate of drug-likeness (QED) is 0.401. The van der Waals surface area contributed by atoms with E-state index in [0.717, 1.165) is 5.56 Å². The lowest BCUT2D eigenvalue weighted by atomic mass is 10.1. The molecule has 3 N–H and O–H groups in total. The maximum absolute atomic E-state index is 11.0. The summed E-state index contributed by atoms with van der Waals surface area (Å²) in [5, 5.41) is 0. The van der Waals surface area contributed by atoms with Crippen LogP contribution in [0.25, 0.3) is 0 Å². The summed E-state index contributed by atoms with van der Waals surface area (Å²) in [6.45, 7) is 4.14. The van der Waals surface area contributed by atoms with Crippen molar-refractivity contribution in [3.05, 3.63) is 29.6 Å². The van der Waals surface area contributed by atoms with E-state index in [2.05, 4.69) is 18.8 Å². The van der Waals surface area contributed by atoms with Gasteiger partial charge in [0.25, 0.3) is 5.91 Å². The molecule has 0 aliphatic rings. The first kappa shape index (κ1) is 9.67. The molecule has 0 unspecified atom stereocenters. The van der Waals surface area contributed by atoms with E-state index in [1.807, 2.05) is 11.5 Å². The molecule has 13 heavy (non-hydrogen) atoms. The van der Waals surface area contributed by atoms with Gasteiger partial charge in [-0.2, -0.15) is 0 Å². The van der Waals surface area contributed by atoms with Gasteiger partial charge in [-0.25, -0.2) is 5.84 Å². The van der Waals surface area contributed by atoms with Gasteiger partial charge in [0.2, 0.25) is 0 Å². The highest BCUT2D eigenvalue weighted by Crippen LogP contribution is 2.12. The molecule has 70 valence electrons. The zero-order valence-electron chi connectivity index (χ0n) is 7.74. The molecular formula is C9H13N3O. The summed E-state index contributed by atoms with van der Waals surface area (Å²) in [6, 6.07) is 3.54. The first-order valence-corrected chi connectivity index (χ1v) is 4.12. The maximum atomic E-state index is 11.0. The van der Waals surface area contributed by atoms with Crippen LogP contribution in [-0.4, -0.2) is 10.9 Å². The Kier molecular flexibility index (Phi) is 2.97. The summed E-state index contributed by atoms with van der Waals surface area (Å²) in [6.07, 6.45) is 1.69. The number of aromatic nitrogens is 1. The van der Waals surface area contributed by atoms with Crippen LogP contribution in [0, 0.1) is 0 Å². The van der Waals surface area contributed by atoms with E-state index < -0.39 is 0 Å². The van der Waals surface area contributed by atoms with Crippen LogP contribution in [0.1, 0.15) is 35.8 Å². The van der Waals surface area contributed by atoms with Crippen molar-refractivity contribution in [3.63, 3.8) is 0 Å². The Morgan fingerprint density at radius 3 is 2.62 bits per heavy atom. The van der Waals surface area contributed by atoms with Gasteiger partial charge in [-0.1, -0.05) is 19.9 Å². The predicted octanol–water partition coefficient (Wildman–Crippen LogP) is 0.809. The van der Waals surface area contributed by atoms with Crippen LogP contribution >= 0.6 is 0 Å². The fourth-order valence-electron chi connectivity index (χ4n) is 0.955. The van der Waals surface area contributed by atoms with Crippen LogP contribution in [0.4, 0.5) is 0 Å². The summed E-state index contributed by atoms with van der Waals surface area (Å²) >= 11 is 0. The summed E-state index contributed by atoms with van der Waals surface area (Å²) in [4.78, 5) is 15.0. The van der Waals surface area contributed by atoms with Gasteiger partial charge in [0, 0.05) is 6.20 Å². The monoisotopic (exact) mass is 179 g/mol. The Morgan fingerprint density at radius 1 is 1.54 bits per heavy atom. The van der Waals surface area contributed by atoms with Crippen molar-refractivity contribution in [2.45, 2.75) is 19.8 Å². The second-order valence-electron chi connectivity index (χ2n) is 3.10. The van der Waals surface area contributed by atoms with Crippen molar-refractivity contribution in [2.24, 2.45) is 5.84 Å². The number of carbonyl (C=O) groups excluding carboxylic acids is 1. The van der Waals surface area contributed by atoms with E-state index in [9.17, 15) is 4.79 Å². The number of hydrogen-bond donors (Lipinski definition) is 2. The Balaban J connectivity index is 2.87. The first-order valence-electron chi connectivity index (χ1n) is 4.12. The topological polar surface area (TPSA) is 68.0 Å². The minimum absolute atomic E-state index is 0.340. The Hall–Kier alpha value is -1.42. The number of hydrazine groups is 1. The lowest BCUT2D eigenvalue weighted by molar-refractivity contribution is 0.0948. The zero-order valence-corrected chi connectivity index (χ0v) is 7.74. The van der Waals surface area contributed by atoms with Crippen LogP contribution < -0.4 is 11.3 Å². The molecule has 0 saturated carbocycles. The molecule has 0 radical (unpaired) electrons. The minimum Gasteiger partial charge on any atom is -0.289 e. The second kappa shape index (κ2) is 4.00. The standard InChI is InChI=1S/C9H13N3O/c1-6(2)7-3-4-8(11-5-7)9(13)12-10/h3-6H,10H2,1-2H3,(H,12,13). The molecule has 1 amide bonds. The van der Waals surface area contributed by atoms with Gasteiger partial charge in [-0.05, 0) is 17.5 Å². The lowest BCUT2D eigenvalue weighted by Crippen LogP contribution is -2.30. The normalized spacial score (nSPS) is 10.2. The molecular weight excluding hydrogens is 166 g/mol. The largest absolute Gasteiger partial charge is 0.289 e. The molecule has 1 heterocycles. The van der Waals surface area contributed by atoms with Crippen LogP contribution in [0.3, 0.4) is 0 Å². The number of nitrogen functional groups attached to an aromatic ring is 1. The maximum Gasteiger partial charge on any atom is 0.283 e. The third-order valence-electron chi connectivity index (χ3n) is 1.82. The molecule has 4 heteroatoms. The van der Waals surface area contributed by atoms with Crippen molar-refractivity contribution < 1.29 is 4.79 Å². The number of nitrogens with zero attached hydrogens (tertiary/aromatic N) is 1. The molecule has 0 atom stereocenters. The molecule has 1 aromatic heterocycles. The van der Waals surface area contributed by atoms with Crippen molar-refractivity contribution in [1.29, 1.82) is 0 Å². The average Bonchev–Trinajstić information content (AvgIpc) is 2.17. The molecule has 1 rings (SSSR count). The van der Waals surface area contributed by atoms with Gasteiger partial charge in [0.15, 0.2) is 0 Å². The highest BCUT2D eigenvalue weighted by Gasteiger charge is 2.05. The molecule has 0 saturated heterocycles. The Morgan fingerprint density at radius 2 is 2.23 bits per heavy atom. The minimum atomic E-state index is -0.365. The van der Waals surface area contributed by atoms with Gasteiger partial charge in [-0.3, -0.25) is 15.2 Å². The second-order valence-corrected chi connectivity index (χ2v) is 3.10. The number of rotatable bonds is 2. The number of nitrogens with two attached hydrogens (primary N) is 1. The fraction of sp³-hybridized carbons (Fsp3) is 0.333. The van der Waals surface area contributed by atoms with Crippen molar-refractivity contribution >= 4 is 5.91 Å². The van der Waals surface area contributed by atoms with E-state index >= 15 is 0 Å². The third-order valence-corrected chi connectivity index (χ3v) is 1.82. The van der Waals surface area contributed by atoms with Crippen molar-refractivity contribution in [2.75, 3.05) is 0 Å². The van der Waals surface area contributed by atoms with Crippen LogP contribution in [-0.2, 0) is 0 Å². The number of amides is 1. The van der Waals surface area contributed by atoms with Gasteiger partial charge < -0.3 is 0 Å². The number of pyridine rings is 1. The molecule has 1 aromatic rings. The van der Waals surface area contributed by atoms with E-state index in [-0.39, 0.29) is 5.91 Å².